The van der Waals surface area contributed by atoms with Gasteiger partial charge in [0, 0.05) is 19.0 Å². The number of rotatable bonds is 9. The highest BCUT2D eigenvalue weighted by Gasteiger charge is 2.39. The lowest BCUT2D eigenvalue weighted by Crippen LogP contribution is -2.51. The molecular formula is C19H21N3O5. The first-order chi connectivity index (χ1) is 12.9. The Labute approximate surface area is 156 Å². The Balaban J connectivity index is 2.05. The summed E-state index contributed by atoms with van der Waals surface area (Å²) in [7, 11) is 0. The first kappa shape index (κ1) is 19.9. The highest BCUT2D eigenvalue weighted by atomic mass is 16.6. The van der Waals surface area contributed by atoms with Crippen molar-refractivity contribution in [2.75, 3.05) is 11.9 Å². The summed E-state index contributed by atoms with van der Waals surface area (Å²) in [5.41, 5.74) is -0.814. The lowest BCUT2D eigenvalue weighted by molar-refractivity contribution is -0.384. The quantitative estimate of drug-likeness (QED) is 0.460. The van der Waals surface area contributed by atoms with Gasteiger partial charge < -0.3 is 15.7 Å². The molecule has 0 aliphatic carbocycles. The van der Waals surface area contributed by atoms with Crippen molar-refractivity contribution in [1.82, 2.24) is 5.32 Å². The van der Waals surface area contributed by atoms with E-state index < -0.39 is 22.3 Å². The topological polar surface area (TPSA) is 122 Å². The monoisotopic (exact) mass is 371 g/mol. The number of amides is 1. The van der Waals surface area contributed by atoms with E-state index in [4.69, 9.17) is 0 Å². The van der Waals surface area contributed by atoms with Crippen LogP contribution in [0, 0.1) is 10.1 Å². The van der Waals surface area contributed by atoms with Crippen molar-refractivity contribution in [3.05, 3.63) is 70.3 Å². The summed E-state index contributed by atoms with van der Waals surface area (Å²) in [6.45, 7) is 1.82. The summed E-state index contributed by atoms with van der Waals surface area (Å²) in [5, 5.41) is 26.2. The zero-order chi connectivity index (χ0) is 19.9. The van der Waals surface area contributed by atoms with Crippen LogP contribution in [0.5, 0.6) is 0 Å². The van der Waals surface area contributed by atoms with Crippen LogP contribution >= 0.6 is 0 Å². The zero-order valence-electron chi connectivity index (χ0n) is 14.8. The summed E-state index contributed by atoms with van der Waals surface area (Å²) in [6, 6.07) is 14.6. The van der Waals surface area contributed by atoms with Crippen molar-refractivity contribution in [1.29, 1.82) is 0 Å². The van der Waals surface area contributed by atoms with E-state index in [2.05, 4.69) is 10.6 Å². The minimum Gasteiger partial charge on any atom is -0.479 e. The number of anilines is 1. The van der Waals surface area contributed by atoms with Crippen LogP contribution in [0.3, 0.4) is 0 Å². The summed E-state index contributed by atoms with van der Waals surface area (Å²) in [4.78, 5) is 34.7. The predicted molar refractivity (Wildman–Crippen MR) is 100 cm³/mol. The molecule has 142 valence electrons. The third kappa shape index (κ3) is 4.60. The number of carbonyl (C=O) groups is 2. The number of carboxylic acids is 1. The normalized spacial score (nSPS) is 12.6. The molecule has 2 aromatic rings. The lowest BCUT2D eigenvalue weighted by atomic mass is 9.87. The van der Waals surface area contributed by atoms with Crippen LogP contribution in [-0.2, 0) is 15.1 Å². The average molecular weight is 371 g/mol. The Morgan fingerprint density at radius 2 is 1.74 bits per heavy atom. The molecule has 0 aromatic heterocycles. The molecule has 8 nitrogen and oxygen atoms in total. The summed E-state index contributed by atoms with van der Waals surface area (Å²) >= 11 is 0. The molecule has 8 heteroatoms. The molecule has 3 N–H and O–H groups in total. The van der Waals surface area contributed by atoms with Gasteiger partial charge in [-0.25, -0.2) is 4.79 Å². The van der Waals surface area contributed by atoms with Gasteiger partial charge in [-0.15, -0.1) is 0 Å². The van der Waals surface area contributed by atoms with E-state index >= 15 is 0 Å². The standard InChI is InChI=1S/C19H21N3O5/c1-2-19(18(24)25,14-8-4-3-5-9-14)21-17(23)12-13-20-15-10-6-7-11-16(15)22(26)27/h3-11,20H,2,12-13H2,1H3,(H,21,23)(H,24,25). The summed E-state index contributed by atoms with van der Waals surface area (Å²) in [5.74, 6) is -1.61. The lowest BCUT2D eigenvalue weighted by Gasteiger charge is -2.30. The van der Waals surface area contributed by atoms with Gasteiger partial charge in [0.15, 0.2) is 5.54 Å². The Bertz CT molecular complexity index is 825. The third-order valence-corrected chi connectivity index (χ3v) is 4.28. The maximum Gasteiger partial charge on any atom is 0.334 e. The average Bonchev–Trinajstić information content (AvgIpc) is 2.67. The van der Waals surface area contributed by atoms with E-state index in [1.807, 2.05) is 0 Å². The van der Waals surface area contributed by atoms with Gasteiger partial charge in [-0.1, -0.05) is 49.4 Å². The molecule has 0 saturated carbocycles. The number of carboxylic acid groups (broad SMARTS) is 1. The highest BCUT2D eigenvalue weighted by Crippen LogP contribution is 2.26. The highest BCUT2D eigenvalue weighted by molar-refractivity contribution is 5.88. The van der Waals surface area contributed by atoms with Crippen molar-refractivity contribution in [3.63, 3.8) is 0 Å². The van der Waals surface area contributed by atoms with E-state index in [1.54, 1.807) is 55.5 Å². The molecule has 0 bridgehead atoms. The molecule has 0 aliphatic heterocycles. The van der Waals surface area contributed by atoms with E-state index in [1.165, 1.54) is 6.07 Å². The van der Waals surface area contributed by atoms with E-state index in [0.717, 1.165) is 0 Å². The van der Waals surface area contributed by atoms with Crippen LogP contribution in [0.1, 0.15) is 25.3 Å². The van der Waals surface area contributed by atoms with Gasteiger partial charge in [0.25, 0.3) is 5.69 Å². The SMILES string of the molecule is CCC(NC(=O)CCNc1ccccc1[N+](=O)[O-])(C(=O)O)c1ccccc1. The predicted octanol–water partition coefficient (Wildman–Crippen LogP) is 2.90. The molecule has 0 fully saturated rings. The molecule has 0 saturated heterocycles. The molecule has 2 aromatic carbocycles. The van der Waals surface area contributed by atoms with E-state index in [0.29, 0.717) is 11.3 Å². The molecule has 1 atom stereocenters. The largest absolute Gasteiger partial charge is 0.479 e. The fourth-order valence-corrected chi connectivity index (χ4v) is 2.81. The van der Waals surface area contributed by atoms with Crippen molar-refractivity contribution >= 4 is 23.3 Å². The molecular weight excluding hydrogens is 350 g/mol. The Kier molecular flexibility index (Phi) is 6.48. The van der Waals surface area contributed by atoms with Gasteiger partial charge in [0.1, 0.15) is 5.69 Å². The number of hydrogen-bond donors (Lipinski definition) is 3. The fraction of sp³-hybridized carbons (Fsp3) is 0.263. The van der Waals surface area contributed by atoms with Crippen LogP contribution in [0.4, 0.5) is 11.4 Å². The van der Waals surface area contributed by atoms with Crippen LogP contribution in [-0.4, -0.2) is 28.5 Å². The smallest absolute Gasteiger partial charge is 0.334 e. The maximum atomic E-state index is 12.4. The molecule has 1 amide bonds. The maximum absolute atomic E-state index is 12.4. The first-order valence-electron chi connectivity index (χ1n) is 8.48. The van der Waals surface area contributed by atoms with Gasteiger partial charge in [-0.3, -0.25) is 14.9 Å². The molecule has 1 unspecified atom stereocenters. The molecule has 27 heavy (non-hydrogen) atoms. The number of nitrogens with one attached hydrogen (secondary N) is 2. The molecule has 0 radical (unpaired) electrons. The number of nitrogens with zero attached hydrogens (tertiary/aromatic N) is 1. The molecule has 0 heterocycles. The second-order valence-electron chi connectivity index (χ2n) is 5.93. The van der Waals surface area contributed by atoms with Gasteiger partial charge in [0.05, 0.1) is 4.92 Å². The zero-order valence-corrected chi connectivity index (χ0v) is 14.8. The first-order valence-corrected chi connectivity index (χ1v) is 8.48. The fourth-order valence-electron chi connectivity index (χ4n) is 2.81. The van der Waals surface area contributed by atoms with Crippen molar-refractivity contribution < 1.29 is 19.6 Å². The molecule has 2 rings (SSSR count). The number of nitro benzene ring substituents is 1. The Morgan fingerprint density at radius 1 is 1.11 bits per heavy atom. The minimum absolute atomic E-state index is 0.0338. The van der Waals surface area contributed by atoms with E-state index in [-0.39, 0.29) is 25.1 Å². The van der Waals surface area contributed by atoms with E-state index in [9.17, 15) is 24.8 Å². The van der Waals surface area contributed by atoms with Crippen LogP contribution < -0.4 is 10.6 Å². The third-order valence-electron chi connectivity index (χ3n) is 4.28. The summed E-state index contributed by atoms with van der Waals surface area (Å²) < 4.78 is 0. The number of benzene rings is 2. The van der Waals surface area contributed by atoms with Crippen molar-refractivity contribution in [3.8, 4) is 0 Å². The van der Waals surface area contributed by atoms with Crippen LogP contribution in [0.2, 0.25) is 0 Å². The molecule has 0 spiro atoms. The van der Waals surface area contributed by atoms with Gasteiger partial charge in [-0.05, 0) is 18.1 Å². The number of para-hydroxylation sites is 2. The minimum atomic E-state index is -1.52. The summed E-state index contributed by atoms with van der Waals surface area (Å²) in [6.07, 6.45) is 0.142. The van der Waals surface area contributed by atoms with Gasteiger partial charge in [-0.2, -0.15) is 0 Å². The van der Waals surface area contributed by atoms with Crippen LogP contribution in [0.15, 0.2) is 54.6 Å². The van der Waals surface area contributed by atoms with Crippen LogP contribution in [0.25, 0.3) is 0 Å². The number of carbonyl (C=O) groups excluding carboxylic acids is 1. The number of hydrogen-bond acceptors (Lipinski definition) is 5. The Morgan fingerprint density at radius 3 is 2.33 bits per heavy atom. The Hall–Kier alpha value is -3.42. The van der Waals surface area contributed by atoms with Gasteiger partial charge in [0.2, 0.25) is 5.91 Å². The number of aliphatic carboxylic acids is 1. The van der Waals surface area contributed by atoms with Crippen molar-refractivity contribution in [2.45, 2.75) is 25.3 Å². The van der Waals surface area contributed by atoms with Crippen molar-refractivity contribution in [2.24, 2.45) is 0 Å². The van der Waals surface area contributed by atoms with Gasteiger partial charge >= 0.3 is 5.97 Å². The molecule has 0 aliphatic rings. The second kappa shape index (κ2) is 8.79. The second-order valence-corrected chi connectivity index (χ2v) is 5.93. The number of nitro groups is 1.